The highest BCUT2D eigenvalue weighted by Gasteiger charge is 2.21. The molecule has 1 unspecified atom stereocenters. The normalized spacial score (nSPS) is 16.4. The van der Waals surface area contributed by atoms with E-state index in [2.05, 4.69) is 15.3 Å². The lowest BCUT2D eigenvalue weighted by Crippen LogP contribution is -2.29. The fourth-order valence-electron chi connectivity index (χ4n) is 3.95. The minimum atomic E-state index is -0.591. The second-order valence-corrected chi connectivity index (χ2v) is 8.41. The van der Waals surface area contributed by atoms with E-state index in [0.29, 0.717) is 30.0 Å². The van der Waals surface area contributed by atoms with Crippen molar-refractivity contribution in [2.75, 3.05) is 40.5 Å². The number of aromatic nitrogens is 4. The average Bonchev–Trinajstić information content (AvgIpc) is 3.38. The van der Waals surface area contributed by atoms with Gasteiger partial charge in [-0.25, -0.2) is 19.9 Å². The summed E-state index contributed by atoms with van der Waals surface area (Å²) in [6.07, 6.45) is 4.69. The summed E-state index contributed by atoms with van der Waals surface area (Å²) in [6, 6.07) is 7.92. The first-order valence-corrected chi connectivity index (χ1v) is 11.4. The van der Waals surface area contributed by atoms with E-state index < -0.39 is 6.10 Å². The van der Waals surface area contributed by atoms with Gasteiger partial charge >= 0.3 is 6.01 Å². The molecule has 180 valence electrons. The Bertz CT molecular complexity index is 1090. The molecule has 0 spiro atoms. The largest absolute Gasteiger partial charge is 0.491 e. The van der Waals surface area contributed by atoms with Gasteiger partial charge in [-0.15, -0.1) is 0 Å². The van der Waals surface area contributed by atoms with Crippen LogP contribution in [0.3, 0.4) is 0 Å². The molecule has 2 atom stereocenters. The van der Waals surface area contributed by atoms with Gasteiger partial charge in [0.05, 0.1) is 12.8 Å². The van der Waals surface area contributed by atoms with Crippen LogP contribution in [0.25, 0.3) is 22.6 Å². The van der Waals surface area contributed by atoms with Crippen molar-refractivity contribution in [1.29, 1.82) is 0 Å². The highest BCUT2D eigenvalue weighted by Crippen LogP contribution is 2.30. The lowest BCUT2D eigenvalue weighted by atomic mass is 9.97. The van der Waals surface area contributed by atoms with Crippen molar-refractivity contribution in [3.05, 3.63) is 47.9 Å². The van der Waals surface area contributed by atoms with E-state index >= 15 is 0 Å². The highest BCUT2D eigenvalue weighted by molar-refractivity contribution is 5.67. The van der Waals surface area contributed by atoms with Gasteiger partial charge in [-0.1, -0.05) is 12.1 Å². The van der Waals surface area contributed by atoms with Crippen molar-refractivity contribution in [3.63, 3.8) is 0 Å². The van der Waals surface area contributed by atoms with Crippen LogP contribution in [0.1, 0.15) is 17.7 Å². The van der Waals surface area contributed by atoms with Crippen LogP contribution in [0.2, 0.25) is 0 Å². The molecule has 0 aliphatic carbocycles. The molecule has 2 N–H and O–H groups in total. The Kier molecular flexibility index (Phi) is 7.99. The van der Waals surface area contributed by atoms with Gasteiger partial charge < -0.3 is 24.6 Å². The molecule has 1 saturated heterocycles. The van der Waals surface area contributed by atoms with Crippen molar-refractivity contribution in [1.82, 2.24) is 25.3 Å². The Hall–Kier alpha value is -3.14. The maximum absolute atomic E-state index is 9.96. The molecule has 0 saturated carbocycles. The number of hydrogen-bond donors (Lipinski definition) is 2. The molecule has 0 amide bonds. The van der Waals surface area contributed by atoms with Crippen LogP contribution in [0.5, 0.6) is 11.8 Å². The van der Waals surface area contributed by atoms with E-state index in [1.807, 2.05) is 31.2 Å². The summed E-state index contributed by atoms with van der Waals surface area (Å²) < 4.78 is 16.5. The summed E-state index contributed by atoms with van der Waals surface area (Å²) >= 11 is 0. The molecule has 1 fully saturated rings. The van der Waals surface area contributed by atoms with E-state index in [1.54, 1.807) is 19.4 Å². The van der Waals surface area contributed by atoms with Crippen molar-refractivity contribution in [3.8, 4) is 34.4 Å². The minimum absolute atomic E-state index is 0.195. The molecule has 2 aromatic heterocycles. The number of nitrogens with zero attached hydrogens (tertiary/aromatic N) is 4. The number of ether oxygens (including phenoxy) is 3. The number of hydrogen-bond acceptors (Lipinski definition) is 9. The molecule has 34 heavy (non-hydrogen) atoms. The SMILES string of the molecule is CNCC(O)COc1cccc(-c2nc(C[C@@H]3CCOC3)c(C)c(-c3cnc(OC)nc3)n2)c1. The van der Waals surface area contributed by atoms with E-state index in [-0.39, 0.29) is 6.61 Å². The first-order chi connectivity index (χ1) is 16.6. The van der Waals surface area contributed by atoms with Crippen LogP contribution < -0.4 is 14.8 Å². The number of benzene rings is 1. The molecule has 9 heteroatoms. The Balaban J connectivity index is 1.69. The van der Waals surface area contributed by atoms with Gasteiger partial charge in [-0.2, -0.15) is 0 Å². The topological polar surface area (TPSA) is 112 Å². The fraction of sp³-hybridized carbons (Fsp3) is 0.440. The smallest absolute Gasteiger partial charge is 0.316 e. The maximum atomic E-state index is 9.96. The van der Waals surface area contributed by atoms with Gasteiger partial charge in [-0.05, 0) is 50.4 Å². The van der Waals surface area contributed by atoms with Gasteiger partial charge in [0.1, 0.15) is 18.5 Å². The lowest BCUT2D eigenvalue weighted by Gasteiger charge is -2.16. The molecule has 9 nitrogen and oxygen atoms in total. The zero-order valence-corrected chi connectivity index (χ0v) is 19.8. The summed E-state index contributed by atoms with van der Waals surface area (Å²) in [5.41, 5.74) is 4.42. The van der Waals surface area contributed by atoms with E-state index in [0.717, 1.165) is 54.1 Å². The van der Waals surface area contributed by atoms with Gasteiger partial charge in [0.25, 0.3) is 0 Å². The number of methoxy groups -OCH3 is 1. The first-order valence-electron chi connectivity index (χ1n) is 11.4. The number of likely N-dealkylation sites (N-methyl/N-ethyl adjacent to an activating group) is 1. The molecular weight excluding hydrogens is 434 g/mol. The zero-order chi connectivity index (χ0) is 23.9. The van der Waals surface area contributed by atoms with Gasteiger partial charge in [0.15, 0.2) is 5.82 Å². The quantitative estimate of drug-likeness (QED) is 0.466. The van der Waals surface area contributed by atoms with Gasteiger partial charge in [0.2, 0.25) is 0 Å². The third kappa shape index (κ3) is 5.85. The second-order valence-electron chi connectivity index (χ2n) is 8.41. The van der Waals surface area contributed by atoms with E-state index in [1.165, 1.54) is 7.11 Å². The van der Waals surface area contributed by atoms with Gasteiger partial charge in [-0.3, -0.25) is 0 Å². The first kappa shape index (κ1) is 24.0. The third-order valence-corrected chi connectivity index (χ3v) is 5.81. The Morgan fingerprint density at radius 1 is 1.21 bits per heavy atom. The fourth-order valence-corrected chi connectivity index (χ4v) is 3.95. The van der Waals surface area contributed by atoms with Crippen molar-refractivity contribution < 1.29 is 19.3 Å². The van der Waals surface area contributed by atoms with E-state index in [4.69, 9.17) is 24.2 Å². The van der Waals surface area contributed by atoms with Crippen LogP contribution >= 0.6 is 0 Å². The summed E-state index contributed by atoms with van der Waals surface area (Å²) in [4.78, 5) is 18.4. The standard InChI is InChI=1S/C25H31N5O4/c1-16-22(9-17-7-8-33-14-17)29-24(30-23(16)19-11-27-25(32-3)28-12-19)18-5-4-6-21(10-18)34-15-20(31)13-26-2/h4-6,10-12,17,20,26,31H,7-9,13-15H2,1-3H3/t17-,20?/m0/s1. The number of aliphatic hydroxyl groups excluding tert-OH is 1. The molecule has 3 heterocycles. The lowest BCUT2D eigenvalue weighted by molar-refractivity contribution is 0.108. The van der Waals surface area contributed by atoms with Crippen LogP contribution in [0, 0.1) is 12.8 Å². The predicted octanol–water partition coefficient (Wildman–Crippen LogP) is 2.46. The molecule has 1 aromatic carbocycles. The molecule has 1 aliphatic rings. The number of nitrogens with one attached hydrogen (secondary N) is 1. The van der Waals surface area contributed by atoms with Crippen molar-refractivity contribution in [2.24, 2.45) is 5.92 Å². The Labute approximate surface area is 199 Å². The molecular formula is C25H31N5O4. The van der Waals surface area contributed by atoms with E-state index in [9.17, 15) is 5.11 Å². The maximum Gasteiger partial charge on any atom is 0.316 e. The number of aliphatic hydroxyl groups is 1. The molecule has 3 aromatic rings. The Morgan fingerprint density at radius 2 is 2.03 bits per heavy atom. The molecule has 0 bridgehead atoms. The predicted molar refractivity (Wildman–Crippen MR) is 128 cm³/mol. The summed E-state index contributed by atoms with van der Waals surface area (Å²) in [5, 5.41) is 12.9. The van der Waals surface area contributed by atoms with Crippen LogP contribution in [0.4, 0.5) is 0 Å². The Morgan fingerprint density at radius 3 is 2.74 bits per heavy atom. The second kappa shape index (κ2) is 11.3. The van der Waals surface area contributed by atoms with Crippen LogP contribution in [-0.4, -0.2) is 71.7 Å². The minimum Gasteiger partial charge on any atom is -0.491 e. The summed E-state index contributed by atoms with van der Waals surface area (Å²) in [6.45, 7) is 4.23. The average molecular weight is 466 g/mol. The van der Waals surface area contributed by atoms with Gasteiger partial charge in [0, 0.05) is 49.0 Å². The molecule has 0 radical (unpaired) electrons. The third-order valence-electron chi connectivity index (χ3n) is 5.81. The molecule has 4 rings (SSSR count). The molecule has 1 aliphatic heterocycles. The number of rotatable bonds is 10. The van der Waals surface area contributed by atoms with Crippen molar-refractivity contribution in [2.45, 2.75) is 25.9 Å². The monoisotopic (exact) mass is 465 g/mol. The van der Waals surface area contributed by atoms with Crippen molar-refractivity contribution >= 4 is 0 Å². The summed E-state index contributed by atoms with van der Waals surface area (Å²) in [7, 11) is 3.33. The summed E-state index contributed by atoms with van der Waals surface area (Å²) in [5.74, 6) is 1.69. The zero-order valence-electron chi connectivity index (χ0n) is 19.8. The van der Waals surface area contributed by atoms with Crippen LogP contribution in [0.15, 0.2) is 36.7 Å². The van der Waals surface area contributed by atoms with Crippen LogP contribution in [-0.2, 0) is 11.2 Å². The highest BCUT2D eigenvalue weighted by atomic mass is 16.5.